The van der Waals surface area contributed by atoms with E-state index in [1.807, 2.05) is 0 Å². The molecule has 1 saturated heterocycles. The van der Waals surface area contributed by atoms with Crippen molar-refractivity contribution in [3.8, 4) is 0 Å². The molecule has 1 aliphatic carbocycles. The van der Waals surface area contributed by atoms with Gasteiger partial charge in [0.1, 0.15) is 0 Å². The normalized spacial score (nSPS) is 34.6. The predicted octanol–water partition coefficient (Wildman–Crippen LogP) is 2.32. The van der Waals surface area contributed by atoms with Crippen LogP contribution in [0.5, 0.6) is 0 Å². The summed E-state index contributed by atoms with van der Waals surface area (Å²) in [6, 6.07) is 2.40. The van der Waals surface area contributed by atoms with Crippen LogP contribution in [0.1, 0.15) is 52.9 Å². The Balaban J connectivity index is 1.73. The molecule has 3 nitrogen and oxygen atoms in total. The van der Waals surface area contributed by atoms with Gasteiger partial charge in [0.15, 0.2) is 0 Å². The molecule has 0 aromatic heterocycles. The second kappa shape index (κ2) is 7.61. The Morgan fingerprint density at radius 2 is 1.79 bits per heavy atom. The molecule has 0 aromatic rings. The second-order valence-electron chi connectivity index (χ2n) is 6.43. The van der Waals surface area contributed by atoms with Crippen LogP contribution in [-0.2, 0) is 0 Å². The van der Waals surface area contributed by atoms with Gasteiger partial charge in [-0.2, -0.15) is 0 Å². The third-order valence-corrected chi connectivity index (χ3v) is 5.10. The van der Waals surface area contributed by atoms with Crippen molar-refractivity contribution in [3.05, 3.63) is 0 Å². The second-order valence-corrected chi connectivity index (χ2v) is 6.43. The number of rotatable bonds is 5. The molecule has 1 N–H and O–H groups in total. The van der Waals surface area contributed by atoms with Gasteiger partial charge in [-0.1, -0.05) is 13.8 Å². The molecule has 3 heteroatoms. The summed E-state index contributed by atoms with van der Waals surface area (Å²) in [5.74, 6) is 0. The molecule has 1 atom stereocenters. The summed E-state index contributed by atoms with van der Waals surface area (Å²) in [4.78, 5) is 5.39. The maximum absolute atomic E-state index is 3.69. The molecule has 2 fully saturated rings. The minimum absolute atomic E-state index is 0.745. The third kappa shape index (κ3) is 4.17. The van der Waals surface area contributed by atoms with Crippen LogP contribution >= 0.6 is 0 Å². The summed E-state index contributed by atoms with van der Waals surface area (Å²) < 4.78 is 0. The van der Waals surface area contributed by atoms with Crippen LogP contribution in [0.15, 0.2) is 0 Å². The fraction of sp³-hybridized carbons (Fsp3) is 1.00. The van der Waals surface area contributed by atoms with Crippen LogP contribution < -0.4 is 5.32 Å². The number of piperazine rings is 1. The van der Waals surface area contributed by atoms with Crippen molar-refractivity contribution in [1.29, 1.82) is 0 Å². The lowest BCUT2D eigenvalue weighted by molar-refractivity contribution is 0.0431. The fourth-order valence-electron chi connectivity index (χ4n) is 3.82. The molecular weight excluding hydrogens is 234 g/mol. The average molecular weight is 267 g/mol. The molecule has 0 radical (unpaired) electrons. The van der Waals surface area contributed by atoms with Crippen LogP contribution in [0.4, 0.5) is 0 Å². The largest absolute Gasteiger partial charge is 0.314 e. The SMILES string of the molecule is CCCNC1CCC(N2CCN(CC)C(C)C2)CC1. The van der Waals surface area contributed by atoms with Gasteiger partial charge in [-0.3, -0.25) is 9.80 Å². The number of hydrogen-bond donors (Lipinski definition) is 1. The van der Waals surface area contributed by atoms with Gasteiger partial charge in [-0.25, -0.2) is 0 Å². The topological polar surface area (TPSA) is 18.5 Å². The smallest absolute Gasteiger partial charge is 0.0195 e. The van der Waals surface area contributed by atoms with Crippen molar-refractivity contribution >= 4 is 0 Å². The molecule has 0 amide bonds. The fourth-order valence-corrected chi connectivity index (χ4v) is 3.82. The maximum Gasteiger partial charge on any atom is 0.0195 e. The number of nitrogens with one attached hydrogen (secondary N) is 1. The van der Waals surface area contributed by atoms with E-state index in [9.17, 15) is 0 Å². The molecule has 1 aliphatic heterocycles. The summed E-state index contributed by atoms with van der Waals surface area (Å²) in [5, 5.41) is 3.69. The van der Waals surface area contributed by atoms with Gasteiger partial charge in [0.2, 0.25) is 0 Å². The Bertz CT molecular complexity index is 248. The van der Waals surface area contributed by atoms with Gasteiger partial charge in [0, 0.05) is 37.8 Å². The van der Waals surface area contributed by atoms with E-state index in [4.69, 9.17) is 0 Å². The van der Waals surface area contributed by atoms with Crippen molar-refractivity contribution in [2.75, 3.05) is 32.7 Å². The number of likely N-dealkylation sites (N-methyl/N-ethyl adjacent to an activating group) is 1. The first kappa shape index (κ1) is 15.3. The van der Waals surface area contributed by atoms with Gasteiger partial charge in [0.25, 0.3) is 0 Å². The van der Waals surface area contributed by atoms with Gasteiger partial charge >= 0.3 is 0 Å². The molecule has 0 spiro atoms. The van der Waals surface area contributed by atoms with E-state index in [1.54, 1.807) is 0 Å². The number of nitrogens with zero attached hydrogens (tertiary/aromatic N) is 2. The molecule has 1 saturated carbocycles. The van der Waals surface area contributed by atoms with E-state index in [2.05, 4.69) is 35.9 Å². The van der Waals surface area contributed by atoms with Gasteiger partial charge in [-0.15, -0.1) is 0 Å². The molecule has 2 rings (SSSR count). The zero-order chi connectivity index (χ0) is 13.7. The maximum atomic E-state index is 3.69. The van der Waals surface area contributed by atoms with Crippen LogP contribution in [0, 0.1) is 0 Å². The Hall–Kier alpha value is -0.120. The van der Waals surface area contributed by atoms with Crippen molar-refractivity contribution in [3.63, 3.8) is 0 Å². The van der Waals surface area contributed by atoms with E-state index in [-0.39, 0.29) is 0 Å². The van der Waals surface area contributed by atoms with Crippen LogP contribution in [0.3, 0.4) is 0 Å². The van der Waals surface area contributed by atoms with Crippen molar-refractivity contribution in [2.24, 2.45) is 0 Å². The third-order valence-electron chi connectivity index (χ3n) is 5.10. The quantitative estimate of drug-likeness (QED) is 0.825. The predicted molar refractivity (Wildman–Crippen MR) is 82.6 cm³/mol. The molecule has 2 aliphatic rings. The highest BCUT2D eigenvalue weighted by Gasteiger charge is 2.30. The summed E-state index contributed by atoms with van der Waals surface area (Å²) >= 11 is 0. The standard InChI is InChI=1S/C16H33N3/c1-4-10-17-15-6-8-16(9-7-15)19-12-11-18(5-2)14(3)13-19/h14-17H,4-13H2,1-3H3. The monoisotopic (exact) mass is 267 g/mol. The summed E-state index contributed by atoms with van der Waals surface area (Å²) in [7, 11) is 0. The Kier molecular flexibility index (Phi) is 6.11. The minimum atomic E-state index is 0.745. The zero-order valence-corrected chi connectivity index (χ0v) is 13.2. The van der Waals surface area contributed by atoms with Crippen LogP contribution in [0.2, 0.25) is 0 Å². The highest BCUT2D eigenvalue weighted by atomic mass is 15.3. The van der Waals surface area contributed by atoms with Crippen LogP contribution in [0.25, 0.3) is 0 Å². The highest BCUT2D eigenvalue weighted by Crippen LogP contribution is 2.25. The van der Waals surface area contributed by atoms with Gasteiger partial charge in [0.05, 0.1) is 0 Å². The van der Waals surface area contributed by atoms with Crippen molar-refractivity contribution in [2.45, 2.75) is 71.0 Å². The first-order valence-corrected chi connectivity index (χ1v) is 8.46. The summed E-state index contributed by atoms with van der Waals surface area (Å²) in [5.41, 5.74) is 0. The minimum Gasteiger partial charge on any atom is -0.314 e. The summed E-state index contributed by atoms with van der Waals surface area (Å²) in [6.07, 6.45) is 6.83. The molecule has 0 bridgehead atoms. The van der Waals surface area contributed by atoms with Crippen molar-refractivity contribution in [1.82, 2.24) is 15.1 Å². The average Bonchev–Trinajstić information content (AvgIpc) is 2.45. The van der Waals surface area contributed by atoms with E-state index in [0.717, 1.165) is 18.1 Å². The van der Waals surface area contributed by atoms with E-state index < -0.39 is 0 Å². The zero-order valence-electron chi connectivity index (χ0n) is 13.2. The number of hydrogen-bond acceptors (Lipinski definition) is 3. The molecule has 19 heavy (non-hydrogen) atoms. The first-order valence-electron chi connectivity index (χ1n) is 8.46. The molecule has 1 unspecified atom stereocenters. The Morgan fingerprint density at radius 3 is 2.37 bits per heavy atom. The lowest BCUT2D eigenvalue weighted by Crippen LogP contribution is -2.55. The highest BCUT2D eigenvalue weighted by molar-refractivity contribution is 4.87. The van der Waals surface area contributed by atoms with Gasteiger partial charge < -0.3 is 5.32 Å². The van der Waals surface area contributed by atoms with Crippen LogP contribution in [-0.4, -0.2) is 60.6 Å². The first-order chi connectivity index (χ1) is 9.24. The van der Waals surface area contributed by atoms with Gasteiger partial charge in [-0.05, 0) is 52.1 Å². The van der Waals surface area contributed by atoms with Crippen molar-refractivity contribution < 1.29 is 0 Å². The van der Waals surface area contributed by atoms with E-state index in [1.165, 1.54) is 64.8 Å². The molecule has 0 aromatic carbocycles. The molecule has 1 heterocycles. The molecular formula is C16H33N3. The lowest BCUT2D eigenvalue weighted by atomic mass is 9.89. The van der Waals surface area contributed by atoms with E-state index in [0.29, 0.717) is 0 Å². The lowest BCUT2D eigenvalue weighted by Gasteiger charge is -2.45. The summed E-state index contributed by atoms with van der Waals surface area (Å²) in [6.45, 7) is 13.2. The van der Waals surface area contributed by atoms with E-state index >= 15 is 0 Å². The Labute approximate surface area is 119 Å². The Morgan fingerprint density at radius 1 is 1.05 bits per heavy atom. The molecule has 112 valence electrons.